The minimum atomic E-state index is -0.438. The molecular weight excluding hydrogens is 248 g/mol. The molecule has 0 bridgehead atoms. The van der Waals surface area contributed by atoms with Gasteiger partial charge in [0.05, 0.1) is 11.6 Å². The van der Waals surface area contributed by atoms with Crippen molar-refractivity contribution in [1.29, 1.82) is 0 Å². The Balaban J connectivity index is 2.11. The number of hydrogen-bond acceptors (Lipinski definition) is 4. The second kappa shape index (κ2) is 5.26. The van der Waals surface area contributed by atoms with Gasteiger partial charge in [0, 0.05) is 17.6 Å². The summed E-state index contributed by atoms with van der Waals surface area (Å²) in [5.74, 6) is 0. The van der Waals surface area contributed by atoms with Crippen molar-refractivity contribution in [3.63, 3.8) is 0 Å². The van der Waals surface area contributed by atoms with Crippen molar-refractivity contribution < 1.29 is 9.53 Å². The molecule has 1 aromatic rings. The third kappa shape index (κ3) is 3.22. The van der Waals surface area contributed by atoms with Crippen LogP contribution < -0.4 is 0 Å². The summed E-state index contributed by atoms with van der Waals surface area (Å²) in [6.07, 6.45) is 4.86. The van der Waals surface area contributed by atoms with Crippen molar-refractivity contribution >= 4 is 17.4 Å². The molecule has 1 aromatic heterocycles. The van der Waals surface area contributed by atoms with E-state index in [1.807, 2.05) is 37.4 Å². The molecule has 0 radical (unpaired) electrons. The predicted octanol–water partition coefficient (Wildman–Crippen LogP) is 3.61. The monoisotopic (exact) mass is 268 g/mol. The minimum absolute atomic E-state index is 0.140. The molecule has 1 aliphatic heterocycles. The number of carbonyl (C=O) groups excluding carboxylic acids is 1. The molecule has 2 heterocycles. The van der Waals surface area contributed by atoms with Crippen molar-refractivity contribution in [3.8, 4) is 0 Å². The Morgan fingerprint density at radius 2 is 2.28 bits per heavy atom. The molecule has 1 unspecified atom stereocenters. The van der Waals surface area contributed by atoms with E-state index in [0.29, 0.717) is 0 Å². The maximum Gasteiger partial charge on any atom is 0.410 e. The molecule has 0 aromatic carbocycles. The first-order chi connectivity index (χ1) is 8.47. The van der Waals surface area contributed by atoms with Gasteiger partial charge in [-0.1, -0.05) is 0 Å². The highest BCUT2D eigenvalue weighted by molar-refractivity contribution is 7.09. The van der Waals surface area contributed by atoms with E-state index < -0.39 is 5.60 Å². The third-order valence-corrected chi connectivity index (χ3v) is 3.79. The van der Waals surface area contributed by atoms with E-state index in [0.717, 1.165) is 30.7 Å². The number of ether oxygens (including phenoxy) is 1. The van der Waals surface area contributed by atoms with E-state index >= 15 is 0 Å². The minimum Gasteiger partial charge on any atom is -0.444 e. The zero-order valence-corrected chi connectivity index (χ0v) is 12.0. The molecule has 0 saturated carbocycles. The Morgan fingerprint density at radius 1 is 1.50 bits per heavy atom. The molecule has 0 N–H and O–H groups in total. The van der Waals surface area contributed by atoms with Crippen molar-refractivity contribution in [2.24, 2.45) is 0 Å². The van der Waals surface area contributed by atoms with Crippen LogP contribution >= 0.6 is 11.3 Å². The number of aromatic nitrogens is 1. The van der Waals surface area contributed by atoms with Crippen LogP contribution in [0.1, 0.15) is 51.0 Å². The molecule has 4 nitrogen and oxygen atoms in total. The number of thiazole rings is 1. The van der Waals surface area contributed by atoms with Gasteiger partial charge in [-0.15, -0.1) is 11.3 Å². The Morgan fingerprint density at radius 3 is 2.89 bits per heavy atom. The van der Waals surface area contributed by atoms with Crippen molar-refractivity contribution in [3.05, 3.63) is 16.6 Å². The highest BCUT2D eigenvalue weighted by atomic mass is 32.1. The van der Waals surface area contributed by atoms with Crippen molar-refractivity contribution in [2.75, 3.05) is 6.54 Å². The predicted molar refractivity (Wildman–Crippen MR) is 71.6 cm³/mol. The molecule has 2 rings (SSSR count). The van der Waals surface area contributed by atoms with Crippen LogP contribution in [0.15, 0.2) is 11.7 Å². The molecule has 1 saturated heterocycles. The summed E-state index contributed by atoms with van der Waals surface area (Å²) in [6.45, 7) is 6.47. The number of hydrogen-bond donors (Lipinski definition) is 0. The summed E-state index contributed by atoms with van der Waals surface area (Å²) in [6, 6.07) is 0.140. The van der Waals surface area contributed by atoms with Gasteiger partial charge in [-0.2, -0.15) is 0 Å². The molecule has 1 amide bonds. The molecular formula is C13H20N2O2S. The number of nitrogens with zero attached hydrogens (tertiary/aromatic N) is 2. The van der Waals surface area contributed by atoms with Gasteiger partial charge in [0.1, 0.15) is 5.60 Å². The van der Waals surface area contributed by atoms with Crippen LogP contribution in [0, 0.1) is 0 Å². The van der Waals surface area contributed by atoms with E-state index in [9.17, 15) is 4.79 Å². The average molecular weight is 268 g/mol. The van der Waals surface area contributed by atoms with Gasteiger partial charge >= 0.3 is 6.09 Å². The highest BCUT2D eigenvalue weighted by Crippen LogP contribution is 2.33. The van der Waals surface area contributed by atoms with Gasteiger partial charge in [-0.05, 0) is 40.0 Å². The highest BCUT2D eigenvalue weighted by Gasteiger charge is 2.31. The number of carbonyl (C=O) groups is 1. The lowest BCUT2D eigenvalue weighted by Crippen LogP contribution is -2.41. The standard InChI is InChI=1S/C13H20N2O2S/c1-13(2,3)17-12(16)15-7-5-4-6-10(15)11-8-14-9-18-11/h8-10H,4-7H2,1-3H3. The summed E-state index contributed by atoms with van der Waals surface area (Å²) in [4.78, 5) is 19.3. The van der Waals surface area contributed by atoms with E-state index in [-0.39, 0.29) is 12.1 Å². The average Bonchev–Trinajstić information content (AvgIpc) is 2.80. The van der Waals surface area contributed by atoms with Crippen molar-refractivity contribution in [1.82, 2.24) is 9.88 Å². The normalized spacial score (nSPS) is 20.8. The molecule has 0 spiro atoms. The summed E-state index contributed by atoms with van der Waals surface area (Å²) in [7, 11) is 0. The van der Waals surface area contributed by atoms with Crippen LogP contribution in [0.3, 0.4) is 0 Å². The first-order valence-corrected chi connectivity index (χ1v) is 7.23. The zero-order chi connectivity index (χ0) is 13.2. The molecule has 0 aliphatic carbocycles. The molecule has 1 fully saturated rings. The number of likely N-dealkylation sites (tertiary alicyclic amines) is 1. The van der Waals surface area contributed by atoms with Gasteiger partial charge in [-0.25, -0.2) is 4.79 Å². The fourth-order valence-corrected chi connectivity index (χ4v) is 2.92. The van der Waals surface area contributed by atoms with E-state index in [4.69, 9.17) is 4.74 Å². The molecule has 18 heavy (non-hydrogen) atoms. The second-order valence-electron chi connectivity index (χ2n) is 5.59. The van der Waals surface area contributed by atoms with Gasteiger partial charge in [0.2, 0.25) is 0 Å². The van der Waals surface area contributed by atoms with Crippen LogP contribution in [0.4, 0.5) is 4.79 Å². The van der Waals surface area contributed by atoms with Gasteiger partial charge in [0.25, 0.3) is 0 Å². The zero-order valence-electron chi connectivity index (χ0n) is 11.2. The summed E-state index contributed by atoms with van der Waals surface area (Å²) >= 11 is 1.61. The third-order valence-electron chi connectivity index (χ3n) is 2.91. The van der Waals surface area contributed by atoms with Crippen molar-refractivity contribution in [2.45, 2.75) is 51.7 Å². The summed E-state index contributed by atoms with van der Waals surface area (Å²) in [5, 5.41) is 0. The van der Waals surface area contributed by atoms with Gasteiger partial charge < -0.3 is 9.64 Å². The van der Waals surface area contributed by atoms with Crippen LogP contribution in [-0.4, -0.2) is 28.1 Å². The lowest BCUT2D eigenvalue weighted by atomic mass is 10.0. The maximum atomic E-state index is 12.2. The SMILES string of the molecule is CC(C)(C)OC(=O)N1CCCCC1c1cncs1. The fraction of sp³-hybridized carbons (Fsp3) is 0.692. The van der Waals surface area contributed by atoms with E-state index in [1.165, 1.54) is 0 Å². The smallest absolute Gasteiger partial charge is 0.410 e. The second-order valence-corrected chi connectivity index (χ2v) is 6.51. The molecule has 1 aliphatic rings. The van der Waals surface area contributed by atoms with E-state index in [1.54, 1.807) is 11.3 Å². The molecule has 100 valence electrons. The maximum absolute atomic E-state index is 12.2. The Hall–Kier alpha value is -1.10. The van der Waals surface area contributed by atoms with Crippen LogP contribution in [0.25, 0.3) is 0 Å². The topological polar surface area (TPSA) is 42.4 Å². The Labute approximate surface area is 112 Å². The van der Waals surface area contributed by atoms with Crippen LogP contribution in [-0.2, 0) is 4.74 Å². The molecule has 1 atom stereocenters. The van der Waals surface area contributed by atoms with E-state index in [2.05, 4.69) is 4.98 Å². The quantitative estimate of drug-likeness (QED) is 0.781. The largest absolute Gasteiger partial charge is 0.444 e. The Kier molecular flexibility index (Phi) is 3.90. The fourth-order valence-electron chi connectivity index (χ4n) is 2.16. The number of piperidine rings is 1. The Bertz CT molecular complexity index is 398. The number of rotatable bonds is 1. The van der Waals surface area contributed by atoms with Crippen LogP contribution in [0.2, 0.25) is 0 Å². The first kappa shape index (κ1) is 13.3. The van der Waals surface area contributed by atoms with Gasteiger partial charge in [0.15, 0.2) is 0 Å². The number of amides is 1. The lowest BCUT2D eigenvalue weighted by molar-refractivity contribution is 0.00992. The first-order valence-electron chi connectivity index (χ1n) is 6.35. The van der Waals surface area contributed by atoms with Gasteiger partial charge in [-0.3, -0.25) is 4.98 Å². The lowest BCUT2D eigenvalue weighted by Gasteiger charge is -2.36. The summed E-state index contributed by atoms with van der Waals surface area (Å²) < 4.78 is 5.48. The van der Waals surface area contributed by atoms with Crippen LogP contribution in [0.5, 0.6) is 0 Å². The molecule has 5 heteroatoms. The summed E-state index contributed by atoms with van der Waals surface area (Å²) in [5.41, 5.74) is 1.38.